The van der Waals surface area contributed by atoms with Crippen molar-refractivity contribution in [2.45, 2.75) is 26.8 Å². The monoisotopic (exact) mass is 418 g/mol. The Morgan fingerprint density at radius 2 is 1.84 bits per heavy atom. The summed E-state index contributed by atoms with van der Waals surface area (Å²) < 4.78 is 24.5. The average Bonchev–Trinajstić information content (AvgIpc) is 3.35. The highest BCUT2D eigenvalue weighted by molar-refractivity contribution is 5.86. The number of aromatic amines is 1. The fraction of sp³-hybridized carbons (Fsp3) is 0.250. The van der Waals surface area contributed by atoms with Crippen molar-refractivity contribution >= 4 is 10.9 Å². The van der Waals surface area contributed by atoms with Crippen LogP contribution < -0.4 is 14.8 Å². The van der Waals surface area contributed by atoms with Gasteiger partial charge in [0.1, 0.15) is 5.82 Å². The third-order valence-corrected chi connectivity index (χ3v) is 5.65. The summed E-state index contributed by atoms with van der Waals surface area (Å²) in [5.74, 6) is 1.16. The molecule has 5 rings (SSSR count). The number of nitrogens with one attached hydrogen (secondary N) is 2. The summed E-state index contributed by atoms with van der Waals surface area (Å²) in [6.45, 7) is 5.73. The van der Waals surface area contributed by atoms with Crippen LogP contribution in [0.15, 0.2) is 42.5 Å². The van der Waals surface area contributed by atoms with Gasteiger partial charge in [0.05, 0.1) is 16.9 Å². The van der Waals surface area contributed by atoms with Crippen molar-refractivity contribution in [1.82, 2.24) is 20.5 Å². The lowest BCUT2D eigenvalue weighted by molar-refractivity contribution is 0.174. The zero-order valence-electron chi connectivity index (χ0n) is 17.5. The van der Waals surface area contributed by atoms with E-state index in [-0.39, 0.29) is 12.6 Å². The first-order valence-corrected chi connectivity index (χ1v) is 10.3. The van der Waals surface area contributed by atoms with E-state index in [1.807, 2.05) is 26.0 Å². The molecule has 1 aliphatic heterocycles. The molecular formula is C24H23FN4O2. The smallest absolute Gasteiger partial charge is 0.231 e. The Morgan fingerprint density at radius 1 is 1.06 bits per heavy atom. The number of pyridine rings is 1. The van der Waals surface area contributed by atoms with Crippen molar-refractivity contribution in [2.24, 2.45) is 0 Å². The molecule has 1 aliphatic rings. The van der Waals surface area contributed by atoms with Crippen LogP contribution in [0, 0.1) is 19.7 Å². The molecule has 2 aromatic carbocycles. The summed E-state index contributed by atoms with van der Waals surface area (Å²) in [5.41, 5.74) is 6.95. The van der Waals surface area contributed by atoms with E-state index in [2.05, 4.69) is 21.6 Å². The number of aromatic nitrogens is 3. The fourth-order valence-electron chi connectivity index (χ4n) is 3.98. The molecule has 7 heteroatoms. The molecule has 3 heterocycles. The van der Waals surface area contributed by atoms with Crippen LogP contribution in [-0.4, -0.2) is 28.5 Å². The van der Waals surface area contributed by atoms with Crippen molar-refractivity contribution in [3.8, 4) is 22.8 Å². The summed E-state index contributed by atoms with van der Waals surface area (Å²) in [6.07, 6.45) is 0.889. The van der Waals surface area contributed by atoms with E-state index < -0.39 is 0 Å². The van der Waals surface area contributed by atoms with E-state index in [4.69, 9.17) is 14.5 Å². The quantitative estimate of drug-likeness (QED) is 0.453. The second-order valence-electron chi connectivity index (χ2n) is 7.74. The Hall–Kier alpha value is -3.45. The molecule has 31 heavy (non-hydrogen) atoms. The molecule has 0 bridgehead atoms. The molecule has 158 valence electrons. The van der Waals surface area contributed by atoms with Crippen molar-refractivity contribution in [2.75, 3.05) is 13.3 Å². The maximum Gasteiger partial charge on any atom is 0.231 e. The van der Waals surface area contributed by atoms with Gasteiger partial charge in [-0.05, 0) is 74.3 Å². The Kier molecular flexibility index (Phi) is 5.03. The molecular weight excluding hydrogens is 395 g/mol. The third-order valence-electron chi connectivity index (χ3n) is 5.65. The third kappa shape index (κ3) is 3.84. The van der Waals surface area contributed by atoms with Gasteiger partial charge < -0.3 is 14.8 Å². The molecule has 0 saturated carbocycles. The first-order valence-electron chi connectivity index (χ1n) is 10.3. The van der Waals surface area contributed by atoms with E-state index in [1.165, 1.54) is 17.7 Å². The summed E-state index contributed by atoms with van der Waals surface area (Å²) >= 11 is 0. The number of rotatable bonds is 6. The Balaban J connectivity index is 1.45. The van der Waals surface area contributed by atoms with Crippen LogP contribution in [0.4, 0.5) is 4.39 Å². The highest BCUT2D eigenvalue weighted by atomic mass is 19.1. The van der Waals surface area contributed by atoms with Crippen molar-refractivity contribution < 1.29 is 13.9 Å². The molecule has 2 aromatic heterocycles. The van der Waals surface area contributed by atoms with Gasteiger partial charge in [-0.25, -0.2) is 9.37 Å². The zero-order chi connectivity index (χ0) is 21.4. The Labute approximate surface area is 179 Å². The first-order chi connectivity index (χ1) is 15.1. The lowest BCUT2D eigenvalue weighted by atomic mass is 10.0. The second-order valence-corrected chi connectivity index (χ2v) is 7.74. The molecule has 0 saturated heterocycles. The van der Waals surface area contributed by atoms with Crippen molar-refractivity contribution in [1.29, 1.82) is 0 Å². The number of H-pyrrole nitrogens is 1. The number of ether oxygens (including phenoxy) is 2. The standard InChI is InChI=1S/C24H23FN4O2/c1-14-20(15(2)29-28-14)7-8-26-12-18-9-17-10-22-23(31-13-30-22)11-21(17)27-24(18)16-3-5-19(25)6-4-16/h3-6,9-11,26H,7-8,12-13H2,1-2H3,(H,28,29). The zero-order valence-corrected chi connectivity index (χ0v) is 17.5. The highest BCUT2D eigenvalue weighted by Crippen LogP contribution is 2.37. The molecule has 0 fully saturated rings. The van der Waals surface area contributed by atoms with Gasteiger partial charge in [0.15, 0.2) is 11.5 Å². The van der Waals surface area contributed by atoms with Gasteiger partial charge >= 0.3 is 0 Å². The van der Waals surface area contributed by atoms with Gasteiger partial charge in [0.2, 0.25) is 6.79 Å². The van der Waals surface area contributed by atoms with Crippen LogP contribution in [0.5, 0.6) is 11.5 Å². The summed E-state index contributed by atoms with van der Waals surface area (Å²) in [7, 11) is 0. The van der Waals surface area contributed by atoms with Gasteiger partial charge in [0.25, 0.3) is 0 Å². The first kappa shape index (κ1) is 19.5. The van der Waals surface area contributed by atoms with Gasteiger partial charge in [-0.3, -0.25) is 5.10 Å². The number of hydrogen-bond donors (Lipinski definition) is 2. The molecule has 0 aliphatic carbocycles. The van der Waals surface area contributed by atoms with Crippen LogP contribution in [0.1, 0.15) is 22.5 Å². The maximum atomic E-state index is 13.5. The number of aryl methyl sites for hydroxylation is 2. The van der Waals surface area contributed by atoms with Gasteiger partial charge in [-0.1, -0.05) is 0 Å². The summed E-state index contributed by atoms with van der Waals surface area (Å²) in [5, 5.41) is 11.8. The molecule has 2 N–H and O–H groups in total. The van der Waals surface area contributed by atoms with E-state index in [1.54, 1.807) is 12.1 Å². The Morgan fingerprint density at radius 3 is 2.58 bits per heavy atom. The van der Waals surface area contributed by atoms with Gasteiger partial charge in [0, 0.05) is 29.3 Å². The Bertz CT molecular complexity index is 1230. The molecule has 0 unspecified atom stereocenters. The lowest BCUT2D eigenvalue weighted by Gasteiger charge is -2.13. The number of hydrogen-bond acceptors (Lipinski definition) is 5. The lowest BCUT2D eigenvalue weighted by Crippen LogP contribution is -2.18. The molecule has 0 amide bonds. The van der Waals surface area contributed by atoms with E-state index >= 15 is 0 Å². The average molecular weight is 418 g/mol. The minimum atomic E-state index is -0.265. The number of halogens is 1. The number of nitrogens with zero attached hydrogens (tertiary/aromatic N) is 2. The van der Waals surface area contributed by atoms with E-state index in [9.17, 15) is 4.39 Å². The van der Waals surface area contributed by atoms with Crippen molar-refractivity contribution in [3.05, 3.63) is 70.8 Å². The molecule has 0 spiro atoms. The highest BCUT2D eigenvalue weighted by Gasteiger charge is 2.17. The SMILES string of the molecule is Cc1n[nH]c(C)c1CCNCc1cc2cc3c(cc2nc1-c1ccc(F)cc1)OCO3. The molecule has 0 radical (unpaired) electrons. The summed E-state index contributed by atoms with van der Waals surface area (Å²) in [6, 6.07) is 12.4. The molecule has 0 atom stereocenters. The molecule has 4 aromatic rings. The van der Waals surface area contributed by atoms with Crippen LogP contribution >= 0.6 is 0 Å². The van der Waals surface area contributed by atoms with Crippen LogP contribution in [0.25, 0.3) is 22.2 Å². The summed E-state index contributed by atoms with van der Waals surface area (Å²) in [4.78, 5) is 4.90. The van der Waals surface area contributed by atoms with E-state index in [0.29, 0.717) is 12.3 Å². The van der Waals surface area contributed by atoms with E-state index in [0.717, 1.165) is 57.8 Å². The normalized spacial score (nSPS) is 12.6. The predicted octanol–water partition coefficient (Wildman–Crippen LogP) is 4.44. The second kappa shape index (κ2) is 8.00. The minimum absolute atomic E-state index is 0.220. The number of fused-ring (bicyclic) bond motifs is 2. The number of benzene rings is 2. The van der Waals surface area contributed by atoms with Gasteiger partial charge in [-0.15, -0.1) is 0 Å². The largest absolute Gasteiger partial charge is 0.454 e. The maximum absolute atomic E-state index is 13.5. The van der Waals surface area contributed by atoms with Crippen molar-refractivity contribution in [3.63, 3.8) is 0 Å². The minimum Gasteiger partial charge on any atom is -0.454 e. The predicted molar refractivity (Wildman–Crippen MR) is 117 cm³/mol. The topological polar surface area (TPSA) is 72.1 Å². The van der Waals surface area contributed by atoms with Crippen LogP contribution in [-0.2, 0) is 13.0 Å². The fourth-order valence-corrected chi connectivity index (χ4v) is 3.98. The van der Waals surface area contributed by atoms with Crippen LogP contribution in [0.2, 0.25) is 0 Å². The molecule has 6 nitrogen and oxygen atoms in total. The van der Waals surface area contributed by atoms with Crippen LogP contribution in [0.3, 0.4) is 0 Å². The van der Waals surface area contributed by atoms with Gasteiger partial charge in [-0.2, -0.15) is 5.10 Å².